The van der Waals surface area contributed by atoms with Gasteiger partial charge in [-0.1, -0.05) is 15.9 Å². The molecule has 0 saturated carbocycles. The maximum absolute atomic E-state index is 12.8. The van der Waals surface area contributed by atoms with Crippen LogP contribution in [-0.4, -0.2) is 33.6 Å². The van der Waals surface area contributed by atoms with E-state index in [1.165, 1.54) is 26.5 Å². The summed E-state index contributed by atoms with van der Waals surface area (Å²) in [6.45, 7) is 0. The summed E-state index contributed by atoms with van der Waals surface area (Å²) in [6.07, 6.45) is 1.40. The number of carbonyl (C=O) groups excluding carboxylic acids is 1. The Kier molecular flexibility index (Phi) is 5.33. The van der Waals surface area contributed by atoms with Gasteiger partial charge >= 0.3 is 5.97 Å². The third-order valence-corrected chi connectivity index (χ3v) is 5.67. The zero-order valence-corrected chi connectivity index (χ0v) is 16.8. The Morgan fingerprint density at radius 2 is 1.89 bits per heavy atom. The third-order valence-electron chi connectivity index (χ3n) is 3.77. The minimum Gasteiger partial charge on any atom is -0.495 e. The van der Waals surface area contributed by atoms with Crippen molar-refractivity contribution in [1.29, 1.82) is 0 Å². The molecule has 9 heteroatoms. The van der Waals surface area contributed by atoms with Crippen LogP contribution in [-0.2, 0) is 14.8 Å². The molecule has 1 aromatic heterocycles. The van der Waals surface area contributed by atoms with Crippen LogP contribution >= 0.6 is 15.9 Å². The van der Waals surface area contributed by atoms with Crippen LogP contribution in [0.2, 0.25) is 0 Å². The topological polar surface area (TPSA) is 94.6 Å². The molecule has 0 amide bonds. The molecule has 0 atom stereocenters. The Morgan fingerprint density at radius 3 is 2.59 bits per heavy atom. The first kappa shape index (κ1) is 19.1. The molecule has 0 aliphatic rings. The predicted molar refractivity (Wildman–Crippen MR) is 105 cm³/mol. The highest BCUT2D eigenvalue weighted by Crippen LogP contribution is 2.29. The summed E-state index contributed by atoms with van der Waals surface area (Å²) < 4.78 is 38.5. The second-order valence-corrected chi connectivity index (χ2v) is 8.09. The van der Waals surface area contributed by atoms with Gasteiger partial charge in [0.25, 0.3) is 10.0 Å². The fraction of sp³-hybridized carbons (Fsp3) is 0.111. The van der Waals surface area contributed by atoms with Gasteiger partial charge in [-0.15, -0.1) is 0 Å². The SMILES string of the molecule is COC(=O)c1ccc2ncc(NS(=O)(=O)c3cc(Br)ccc3OC)cc2c1. The summed E-state index contributed by atoms with van der Waals surface area (Å²) in [5.41, 5.74) is 1.22. The van der Waals surface area contributed by atoms with E-state index >= 15 is 0 Å². The van der Waals surface area contributed by atoms with E-state index in [4.69, 9.17) is 9.47 Å². The van der Waals surface area contributed by atoms with Crippen LogP contribution < -0.4 is 9.46 Å². The second kappa shape index (κ2) is 7.53. The lowest BCUT2D eigenvalue weighted by Gasteiger charge is -2.12. The zero-order chi connectivity index (χ0) is 19.6. The van der Waals surface area contributed by atoms with Gasteiger partial charge in [-0.25, -0.2) is 13.2 Å². The third kappa shape index (κ3) is 4.04. The number of benzene rings is 2. The van der Waals surface area contributed by atoms with Crippen molar-refractivity contribution in [2.24, 2.45) is 0 Å². The van der Waals surface area contributed by atoms with E-state index in [1.54, 1.807) is 36.4 Å². The van der Waals surface area contributed by atoms with Crippen LogP contribution in [0.3, 0.4) is 0 Å². The summed E-state index contributed by atoms with van der Waals surface area (Å²) in [4.78, 5) is 15.9. The highest BCUT2D eigenvalue weighted by atomic mass is 79.9. The molecule has 0 aliphatic heterocycles. The number of ether oxygens (including phenoxy) is 2. The number of aromatic nitrogens is 1. The quantitative estimate of drug-likeness (QED) is 0.596. The summed E-state index contributed by atoms with van der Waals surface area (Å²) in [5, 5.41) is 0.597. The van der Waals surface area contributed by atoms with Gasteiger partial charge < -0.3 is 9.47 Å². The molecule has 1 heterocycles. The number of methoxy groups -OCH3 is 2. The molecule has 3 rings (SSSR count). The summed E-state index contributed by atoms with van der Waals surface area (Å²) in [7, 11) is -1.23. The maximum Gasteiger partial charge on any atom is 0.337 e. The van der Waals surface area contributed by atoms with Gasteiger partial charge in [-0.3, -0.25) is 9.71 Å². The molecule has 0 fully saturated rings. The van der Waals surface area contributed by atoms with Gasteiger partial charge in [0.1, 0.15) is 10.6 Å². The summed E-state index contributed by atoms with van der Waals surface area (Å²) in [5.74, 6) is -0.269. The molecule has 0 radical (unpaired) electrons. The predicted octanol–water partition coefficient (Wildman–Crippen LogP) is 3.59. The van der Waals surface area contributed by atoms with Crippen molar-refractivity contribution in [3.63, 3.8) is 0 Å². The lowest BCUT2D eigenvalue weighted by molar-refractivity contribution is 0.0601. The minimum atomic E-state index is -3.91. The van der Waals surface area contributed by atoms with E-state index in [-0.39, 0.29) is 16.3 Å². The lowest BCUT2D eigenvalue weighted by atomic mass is 10.1. The van der Waals surface area contributed by atoms with Crippen molar-refractivity contribution in [3.05, 3.63) is 58.7 Å². The van der Waals surface area contributed by atoms with E-state index in [0.717, 1.165) is 0 Å². The number of hydrogen-bond donors (Lipinski definition) is 1. The highest BCUT2D eigenvalue weighted by Gasteiger charge is 2.20. The molecule has 2 aromatic carbocycles. The fourth-order valence-corrected chi connectivity index (χ4v) is 4.25. The standard InChI is InChI=1S/C18H15BrN2O5S/c1-25-16-6-4-13(19)9-17(16)27(23,24)21-14-8-12-7-11(18(22)26-2)3-5-15(12)20-10-14/h3-10,21H,1-2H3. The molecule has 7 nitrogen and oxygen atoms in total. The van der Waals surface area contributed by atoms with Gasteiger partial charge in [0.15, 0.2) is 0 Å². The van der Waals surface area contributed by atoms with E-state index in [0.29, 0.717) is 20.9 Å². The number of anilines is 1. The van der Waals surface area contributed by atoms with Crippen LogP contribution in [0.4, 0.5) is 5.69 Å². The van der Waals surface area contributed by atoms with Gasteiger partial charge in [0.2, 0.25) is 0 Å². The smallest absolute Gasteiger partial charge is 0.337 e. The number of fused-ring (bicyclic) bond motifs is 1. The molecule has 27 heavy (non-hydrogen) atoms. The number of nitrogens with one attached hydrogen (secondary N) is 1. The maximum atomic E-state index is 12.8. The molecule has 0 unspecified atom stereocenters. The largest absolute Gasteiger partial charge is 0.495 e. The van der Waals surface area contributed by atoms with Gasteiger partial charge in [-0.2, -0.15) is 0 Å². The molecule has 3 aromatic rings. The molecule has 0 saturated heterocycles. The molecule has 140 valence electrons. The number of rotatable bonds is 5. The van der Waals surface area contributed by atoms with Crippen LogP contribution in [0, 0.1) is 0 Å². The molecule has 0 bridgehead atoms. The van der Waals surface area contributed by atoms with Crippen LogP contribution in [0.15, 0.2) is 58.0 Å². The first-order chi connectivity index (χ1) is 12.8. The Hall–Kier alpha value is -2.65. The molecule has 0 spiro atoms. The van der Waals surface area contributed by atoms with E-state index in [1.807, 2.05) is 0 Å². The van der Waals surface area contributed by atoms with Crippen molar-refractivity contribution in [2.75, 3.05) is 18.9 Å². The average molecular weight is 451 g/mol. The Labute approximate surface area is 164 Å². The fourth-order valence-electron chi connectivity index (χ4n) is 2.50. The number of halogens is 1. The molecular weight excluding hydrogens is 436 g/mol. The normalized spacial score (nSPS) is 11.2. The Morgan fingerprint density at radius 1 is 1.11 bits per heavy atom. The van der Waals surface area contributed by atoms with Crippen molar-refractivity contribution >= 4 is 48.5 Å². The summed E-state index contributed by atoms with van der Waals surface area (Å²) >= 11 is 3.26. The van der Waals surface area contributed by atoms with Crippen molar-refractivity contribution in [2.45, 2.75) is 4.90 Å². The van der Waals surface area contributed by atoms with Crippen molar-refractivity contribution < 1.29 is 22.7 Å². The lowest BCUT2D eigenvalue weighted by Crippen LogP contribution is -2.14. The first-order valence-electron chi connectivity index (χ1n) is 7.68. The number of sulfonamides is 1. The minimum absolute atomic E-state index is 0.0113. The van der Waals surface area contributed by atoms with Crippen LogP contribution in [0.1, 0.15) is 10.4 Å². The molecule has 0 aliphatic carbocycles. The van der Waals surface area contributed by atoms with Crippen LogP contribution in [0.25, 0.3) is 10.9 Å². The van der Waals surface area contributed by atoms with Crippen molar-refractivity contribution in [1.82, 2.24) is 4.98 Å². The number of pyridine rings is 1. The van der Waals surface area contributed by atoms with Gasteiger partial charge in [-0.05, 0) is 42.5 Å². The Balaban J connectivity index is 2.00. The monoisotopic (exact) mass is 450 g/mol. The number of carbonyl (C=O) groups is 1. The number of hydrogen-bond acceptors (Lipinski definition) is 6. The van der Waals surface area contributed by atoms with Crippen molar-refractivity contribution in [3.8, 4) is 5.75 Å². The second-order valence-electron chi connectivity index (χ2n) is 5.52. The number of esters is 1. The highest BCUT2D eigenvalue weighted by molar-refractivity contribution is 9.10. The summed E-state index contributed by atoms with van der Waals surface area (Å²) in [6, 6.07) is 11.1. The Bertz CT molecular complexity index is 1130. The molecule has 1 N–H and O–H groups in total. The van der Waals surface area contributed by atoms with E-state index < -0.39 is 16.0 Å². The van der Waals surface area contributed by atoms with E-state index in [9.17, 15) is 13.2 Å². The average Bonchev–Trinajstić information content (AvgIpc) is 2.66. The number of nitrogens with zero attached hydrogens (tertiary/aromatic N) is 1. The first-order valence-corrected chi connectivity index (χ1v) is 9.96. The van der Waals surface area contributed by atoms with E-state index in [2.05, 4.69) is 25.6 Å². The zero-order valence-electron chi connectivity index (χ0n) is 14.4. The van der Waals surface area contributed by atoms with Crippen LogP contribution in [0.5, 0.6) is 5.75 Å². The van der Waals surface area contributed by atoms with Gasteiger partial charge in [0, 0.05) is 9.86 Å². The molecular formula is C18H15BrN2O5S. The van der Waals surface area contributed by atoms with Gasteiger partial charge in [0.05, 0.1) is 37.2 Å².